The fourth-order valence-electron chi connectivity index (χ4n) is 4.17. The molecule has 1 saturated carbocycles. The molecule has 172 valence electrons. The number of carbonyl (C=O) groups is 2. The second kappa shape index (κ2) is 8.11. The van der Waals surface area contributed by atoms with Gasteiger partial charge in [0.05, 0.1) is 18.3 Å². The predicted octanol–water partition coefficient (Wildman–Crippen LogP) is 1.44. The molecule has 9 heteroatoms. The molecule has 9 nitrogen and oxygen atoms in total. The van der Waals surface area contributed by atoms with Crippen LogP contribution in [0.25, 0.3) is 11.7 Å². The van der Waals surface area contributed by atoms with Gasteiger partial charge in [-0.25, -0.2) is 9.89 Å². The summed E-state index contributed by atoms with van der Waals surface area (Å²) < 4.78 is 2.82. The summed E-state index contributed by atoms with van der Waals surface area (Å²) in [5, 5.41) is 16.6. The molecule has 4 rings (SSSR count). The van der Waals surface area contributed by atoms with E-state index in [2.05, 4.69) is 24.3 Å². The maximum Gasteiger partial charge on any atom is 0.378 e. The van der Waals surface area contributed by atoms with Crippen LogP contribution >= 0.6 is 0 Å². The molecule has 0 aromatic carbocycles. The fourth-order valence-corrected chi connectivity index (χ4v) is 4.17. The number of carbonyl (C=O) groups excluding carboxylic acids is 2. The quantitative estimate of drug-likeness (QED) is 0.464. The van der Waals surface area contributed by atoms with Gasteiger partial charge in [0.1, 0.15) is 0 Å². The highest BCUT2D eigenvalue weighted by molar-refractivity contribution is 5.96. The van der Waals surface area contributed by atoms with Gasteiger partial charge in [-0.1, -0.05) is 32.2 Å². The minimum Gasteiger partial charge on any atom is -0.477 e. The van der Waals surface area contributed by atoms with Crippen LogP contribution in [0.3, 0.4) is 0 Å². The second-order valence-electron chi connectivity index (χ2n) is 10.2. The normalized spacial score (nSPS) is 18.2. The van der Waals surface area contributed by atoms with Gasteiger partial charge in [0.25, 0.3) is 5.91 Å². The monoisotopic (exact) mass is 442 g/mol. The SMILES string of the molecule is CC(C)C[n+]1c(O)c(C(=O)NC2CC2)c(=O)n2[nH]cc(/C=C/C(=O)N3CCC(C)(C)C3)c21. The molecule has 0 bridgehead atoms. The molecule has 0 unspecified atom stereocenters. The zero-order valence-corrected chi connectivity index (χ0v) is 19.1. The zero-order chi connectivity index (χ0) is 23.2. The third-order valence-corrected chi connectivity index (χ3v) is 6.05. The van der Waals surface area contributed by atoms with Crippen LogP contribution in [0.2, 0.25) is 0 Å². The number of amides is 2. The van der Waals surface area contributed by atoms with E-state index in [4.69, 9.17) is 0 Å². The van der Waals surface area contributed by atoms with Gasteiger partial charge in [-0.05, 0) is 36.7 Å². The molecule has 0 atom stereocenters. The van der Waals surface area contributed by atoms with Gasteiger partial charge in [-0.15, -0.1) is 0 Å². The lowest BCUT2D eigenvalue weighted by Crippen LogP contribution is -2.46. The highest BCUT2D eigenvalue weighted by atomic mass is 16.3. The molecule has 32 heavy (non-hydrogen) atoms. The second-order valence-corrected chi connectivity index (χ2v) is 10.2. The molecule has 1 saturated heterocycles. The van der Waals surface area contributed by atoms with E-state index in [1.165, 1.54) is 10.6 Å². The van der Waals surface area contributed by atoms with E-state index in [1.807, 2.05) is 18.7 Å². The Morgan fingerprint density at radius 1 is 1.38 bits per heavy atom. The van der Waals surface area contributed by atoms with Gasteiger partial charge >= 0.3 is 17.1 Å². The Bertz CT molecular complexity index is 1150. The van der Waals surface area contributed by atoms with Crippen molar-refractivity contribution in [3.63, 3.8) is 0 Å². The summed E-state index contributed by atoms with van der Waals surface area (Å²) in [7, 11) is 0. The minimum absolute atomic E-state index is 0.0595. The smallest absolute Gasteiger partial charge is 0.378 e. The third kappa shape index (κ3) is 4.28. The molecule has 3 heterocycles. The number of hydrogen-bond acceptors (Lipinski definition) is 4. The van der Waals surface area contributed by atoms with Gasteiger partial charge < -0.3 is 15.3 Å². The first-order valence-electron chi connectivity index (χ1n) is 11.2. The van der Waals surface area contributed by atoms with Crippen molar-refractivity contribution in [2.45, 2.75) is 59.5 Å². The molecular weight excluding hydrogens is 410 g/mol. The Balaban J connectivity index is 1.74. The molecule has 1 aliphatic carbocycles. The highest BCUT2D eigenvalue weighted by Gasteiger charge is 2.34. The number of aromatic amines is 1. The Morgan fingerprint density at radius 3 is 2.69 bits per heavy atom. The maximum atomic E-state index is 13.1. The van der Waals surface area contributed by atoms with Crippen LogP contribution in [0, 0.1) is 11.3 Å². The van der Waals surface area contributed by atoms with Crippen LogP contribution in [0.1, 0.15) is 62.9 Å². The summed E-state index contributed by atoms with van der Waals surface area (Å²) in [5.41, 5.74) is 0.209. The Labute approximate surface area is 186 Å². The van der Waals surface area contributed by atoms with Gasteiger partial charge in [-0.3, -0.25) is 9.59 Å². The lowest BCUT2D eigenvalue weighted by atomic mass is 9.93. The molecule has 2 aromatic rings. The first-order valence-corrected chi connectivity index (χ1v) is 11.2. The number of H-pyrrole nitrogens is 1. The molecule has 2 amide bonds. The van der Waals surface area contributed by atoms with Gasteiger partial charge in [-0.2, -0.15) is 4.57 Å². The molecular formula is C23H32N5O4+. The first-order chi connectivity index (χ1) is 15.1. The van der Waals surface area contributed by atoms with Crippen molar-refractivity contribution in [3.05, 3.63) is 33.8 Å². The van der Waals surface area contributed by atoms with E-state index in [0.717, 1.165) is 25.8 Å². The van der Waals surface area contributed by atoms with Crippen molar-refractivity contribution in [2.75, 3.05) is 13.1 Å². The topological polar surface area (TPSA) is 111 Å². The summed E-state index contributed by atoms with van der Waals surface area (Å²) in [4.78, 5) is 40.2. The molecule has 0 spiro atoms. The number of nitrogens with one attached hydrogen (secondary N) is 2. The third-order valence-electron chi connectivity index (χ3n) is 6.05. The number of fused-ring (bicyclic) bond motifs is 1. The van der Waals surface area contributed by atoms with Gasteiger partial charge in [0.15, 0.2) is 0 Å². The minimum atomic E-state index is -0.622. The van der Waals surface area contributed by atoms with E-state index in [9.17, 15) is 19.5 Å². The van der Waals surface area contributed by atoms with E-state index in [-0.39, 0.29) is 34.7 Å². The maximum absolute atomic E-state index is 13.1. The van der Waals surface area contributed by atoms with E-state index >= 15 is 0 Å². The summed E-state index contributed by atoms with van der Waals surface area (Å²) in [5.74, 6) is -0.867. The van der Waals surface area contributed by atoms with Crippen LogP contribution in [-0.2, 0) is 11.3 Å². The molecule has 3 N–H and O–H groups in total. The van der Waals surface area contributed by atoms with Crippen LogP contribution < -0.4 is 15.4 Å². The van der Waals surface area contributed by atoms with Crippen LogP contribution in [0.15, 0.2) is 17.1 Å². The zero-order valence-electron chi connectivity index (χ0n) is 19.1. The molecule has 2 fully saturated rings. The van der Waals surface area contributed by atoms with Crippen LogP contribution in [-0.4, -0.2) is 50.6 Å². The van der Waals surface area contributed by atoms with Crippen molar-refractivity contribution in [1.29, 1.82) is 0 Å². The average Bonchev–Trinajstić information content (AvgIpc) is 3.29. The average molecular weight is 443 g/mol. The number of hydrogen-bond donors (Lipinski definition) is 3. The lowest BCUT2D eigenvalue weighted by Gasteiger charge is -2.18. The fraction of sp³-hybridized carbons (Fsp3) is 0.565. The van der Waals surface area contributed by atoms with Gasteiger partial charge in [0.2, 0.25) is 11.5 Å². The van der Waals surface area contributed by atoms with E-state index in [1.54, 1.807) is 16.8 Å². The van der Waals surface area contributed by atoms with E-state index in [0.29, 0.717) is 24.3 Å². The highest BCUT2D eigenvalue weighted by Crippen LogP contribution is 2.29. The van der Waals surface area contributed by atoms with Crippen molar-refractivity contribution >= 4 is 23.5 Å². The van der Waals surface area contributed by atoms with Crippen molar-refractivity contribution in [2.24, 2.45) is 11.3 Å². The summed E-state index contributed by atoms with van der Waals surface area (Å²) in [6, 6.07) is 0.0595. The number of likely N-dealkylation sites (tertiary alicyclic amines) is 1. The molecule has 0 radical (unpaired) electrons. The summed E-state index contributed by atoms with van der Waals surface area (Å²) >= 11 is 0. The standard InChI is InChI=1S/C23H31N5O4/c1-14(2)12-27-20-15(5-8-17(29)26-10-9-23(3,4)13-26)11-24-28(20)22(32)18(21(27)31)19(30)25-16-6-7-16/h5,8,11,14,16H,6-7,9-10,12-13H2,1-4H3,(H2,25,30,31,32)/p+1/b8-5+. The Kier molecular flexibility index (Phi) is 5.60. The van der Waals surface area contributed by atoms with E-state index < -0.39 is 11.5 Å². The van der Waals surface area contributed by atoms with Crippen LogP contribution in [0.4, 0.5) is 0 Å². The van der Waals surface area contributed by atoms with Crippen molar-refractivity contribution in [3.8, 4) is 5.88 Å². The van der Waals surface area contributed by atoms with Gasteiger partial charge in [0, 0.05) is 25.2 Å². The molecule has 2 aromatic heterocycles. The molecule has 2 aliphatic rings. The van der Waals surface area contributed by atoms with Crippen LogP contribution in [0.5, 0.6) is 5.88 Å². The van der Waals surface area contributed by atoms with Crippen molar-refractivity contribution < 1.29 is 19.3 Å². The number of nitrogens with zero attached hydrogens (tertiary/aromatic N) is 3. The number of rotatable bonds is 6. The summed E-state index contributed by atoms with van der Waals surface area (Å²) in [6.45, 7) is 10.1. The summed E-state index contributed by atoms with van der Waals surface area (Å²) in [6.07, 6.45) is 7.47. The largest absolute Gasteiger partial charge is 0.477 e. The first kappa shape index (κ1) is 22.1. The Hall–Kier alpha value is -3.10. The van der Waals surface area contributed by atoms with Crippen molar-refractivity contribution in [1.82, 2.24) is 19.8 Å². The number of aromatic nitrogens is 3. The molecule has 1 aliphatic heterocycles. The number of aromatic hydroxyl groups is 1. The lowest BCUT2D eigenvalue weighted by molar-refractivity contribution is -0.686. The Morgan fingerprint density at radius 2 is 2.09 bits per heavy atom. The predicted molar refractivity (Wildman–Crippen MR) is 119 cm³/mol.